The molecule has 0 amide bonds. The van der Waals surface area contributed by atoms with E-state index in [4.69, 9.17) is 4.52 Å². The summed E-state index contributed by atoms with van der Waals surface area (Å²) in [5.41, 5.74) is 0. The fraction of sp³-hybridized carbons (Fsp3) is 0.846. The van der Waals surface area contributed by atoms with Crippen molar-refractivity contribution >= 4 is 12.4 Å². The Balaban J connectivity index is 0.00000120. The first-order chi connectivity index (χ1) is 8.29. The van der Waals surface area contributed by atoms with Crippen LogP contribution in [0.5, 0.6) is 0 Å². The van der Waals surface area contributed by atoms with Gasteiger partial charge in [0.25, 0.3) is 0 Å². The minimum absolute atomic E-state index is 0. The minimum Gasteiger partial charge on any atom is -0.339 e. The SMILES string of the molecule is CNC(C)Cc1noc(C2C3CCCCC32)n1.Cl. The standard InChI is InChI=1S/C13H21N3O.ClH/c1-8(14-2)7-11-15-13(17-16-11)12-9-5-3-4-6-10(9)12;/h8-10,12,14H,3-7H2,1-2H3;1H. The van der Waals surface area contributed by atoms with Gasteiger partial charge in [-0.3, -0.25) is 0 Å². The molecule has 0 radical (unpaired) electrons. The molecule has 2 saturated carbocycles. The van der Waals surface area contributed by atoms with Gasteiger partial charge in [-0.05, 0) is 38.6 Å². The third-order valence-electron chi connectivity index (χ3n) is 4.41. The first-order valence-electron chi connectivity index (χ1n) is 6.79. The molecule has 0 aliphatic heterocycles. The van der Waals surface area contributed by atoms with Crippen molar-refractivity contribution in [1.29, 1.82) is 0 Å². The lowest BCUT2D eigenvalue weighted by Gasteiger charge is -2.04. The normalized spacial score (nSPS) is 31.3. The summed E-state index contributed by atoms with van der Waals surface area (Å²) in [6.07, 6.45) is 6.34. The molecule has 18 heavy (non-hydrogen) atoms. The molecule has 3 rings (SSSR count). The number of hydrogen-bond acceptors (Lipinski definition) is 4. The highest BCUT2D eigenvalue weighted by atomic mass is 35.5. The lowest BCUT2D eigenvalue weighted by Crippen LogP contribution is -2.24. The highest BCUT2D eigenvalue weighted by Crippen LogP contribution is 2.60. The number of aromatic nitrogens is 2. The van der Waals surface area contributed by atoms with E-state index in [1.54, 1.807) is 0 Å². The minimum atomic E-state index is 0. The van der Waals surface area contributed by atoms with Gasteiger partial charge >= 0.3 is 0 Å². The summed E-state index contributed by atoms with van der Waals surface area (Å²) in [5.74, 6) is 4.03. The largest absolute Gasteiger partial charge is 0.339 e. The Bertz CT molecular complexity index is 383. The highest BCUT2D eigenvalue weighted by Gasteiger charge is 2.54. The van der Waals surface area contributed by atoms with Gasteiger partial charge in [-0.1, -0.05) is 18.0 Å². The second-order valence-corrected chi connectivity index (χ2v) is 5.58. The topological polar surface area (TPSA) is 51.0 Å². The van der Waals surface area contributed by atoms with E-state index >= 15 is 0 Å². The van der Waals surface area contributed by atoms with E-state index in [0.29, 0.717) is 12.0 Å². The zero-order chi connectivity index (χ0) is 11.8. The Morgan fingerprint density at radius 3 is 2.61 bits per heavy atom. The van der Waals surface area contributed by atoms with Crippen LogP contribution in [-0.2, 0) is 6.42 Å². The molecule has 5 heteroatoms. The van der Waals surface area contributed by atoms with Gasteiger partial charge in [0.2, 0.25) is 5.89 Å². The number of likely N-dealkylation sites (N-methyl/N-ethyl adjacent to an activating group) is 1. The van der Waals surface area contributed by atoms with E-state index in [0.717, 1.165) is 30.0 Å². The van der Waals surface area contributed by atoms with Crippen LogP contribution in [0.15, 0.2) is 4.52 Å². The van der Waals surface area contributed by atoms with Crippen molar-refractivity contribution < 1.29 is 4.52 Å². The van der Waals surface area contributed by atoms with Crippen molar-refractivity contribution in [3.63, 3.8) is 0 Å². The molecule has 3 atom stereocenters. The lowest BCUT2D eigenvalue weighted by atomic mass is 10.0. The molecule has 1 heterocycles. The van der Waals surface area contributed by atoms with Crippen LogP contribution in [-0.4, -0.2) is 23.2 Å². The quantitative estimate of drug-likeness (QED) is 0.914. The number of halogens is 1. The van der Waals surface area contributed by atoms with Gasteiger partial charge in [-0.2, -0.15) is 4.98 Å². The van der Waals surface area contributed by atoms with Crippen molar-refractivity contribution in [1.82, 2.24) is 15.5 Å². The maximum absolute atomic E-state index is 5.44. The second-order valence-electron chi connectivity index (χ2n) is 5.58. The van der Waals surface area contributed by atoms with Gasteiger partial charge in [0.15, 0.2) is 5.82 Å². The number of nitrogens with one attached hydrogen (secondary N) is 1. The van der Waals surface area contributed by atoms with Gasteiger partial charge in [0.1, 0.15) is 0 Å². The Kier molecular flexibility index (Phi) is 4.28. The Morgan fingerprint density at radius 1 is 1.33 bits per heavy atom. The van der Waals surface area contributed by atoms with Crippen LogP contribution < -0.4 is 5.32 Å². The fourth-order valence-electron chi connectivity index (χ4n) is 3.22. The van der Waals surface area contributed by atoms with Crippen LogP contribution in [0.25, 0.3) is 0 Å². The number of fused-ring (bicyclic) bond motifs is 1. The predicted molar refractivity (Wildman–Crippen MR) is 72.0 cm³/mol. The summed E-state index contributed by atoms with van der Waals surface area (Å²) < 4.78 is 5.44. The maximum atomic E-state index is 5.44. The monoisotopic (exact) mass is 271 g/mol. The summed E-state index contributed by atoms with van der Waals surface area (Å²) in [5, 5.41) is 7.29. The van der Waals surface area contributed by atoms with Gasteiger partial charge in [-0.25, -0.2) is 0 Å². The van der Waals surface area contributed by atoms with E-state index in [1.807, 2.05) is 7.05 Å². The molecule has 2 aliphatic rings. The van der Waals surface area contributed by atoms with Crippen LogP contribution in [0.3, 0.4) is 0 Å². The van der Waals surface area contributed by atoms with Crippen LogP contribution in [0.1, 0.15) is 50.2 Å². The summed E-state index contributed by atoms with van der Waals surface area (Å²) >= 11 is 0. The molecule has 102 valence electrons. The summed E-state index contributed by atoms with van der Waals surface area (Å²) in [6, 6.07) is 0.405. The number of rotatable bonds is 4. The molecular formula is C13H22ClN3O. The zero-order valence-electron chi connectivity index (χ0n) is 11.1. The van der Waals surface area contributed by atoms with Crippen molar-refractivity contribution in [3.8, 4) is 0 Å². The first-order valence-corrected chi connectivity index (χ1v) is 6.79. The molecule has 0 bridgehead atoms. The molecule has 1 N–H and O–H groups in total. The summed E-state index contributed by atoms with van der Waals surface area (Å²) in [7, 11) is 1.96. The second kappa shape index (κ2) is 5.57. The van der Waals surface area contributed by atoms with Gasteiger partial charge in [-0.15, -0.1) is 12.4 Å². The van der Waals surface area contributed by atoms with Crippen LogP contribution >= 0.6 is 12.4 Å². The molecule has 3 unspecified atom stereocenters. The van der Waals surface area contributed by atoms with Crippen LogP contribution in [0.2, 0.25) is 0 Å². The molecule has 0 aromatic carbocycles. The lowest BCUT2D eigenvalue weighted by molar-refractivity contribution is 0.366. The highest BCUT2D eigenvalue weighted by molar-refractivity contribution is 5.85. The smallest absolute Gasteiger partial charge is 0.230 e. The summed E-state index contributed by atoms with van der Waals surface area (Å²) in [6.45, 7) is 2.13. The van der Waals surface area contributed by atoms with E-state index in [-0.39, 0.29) is 12.4 Å². The van der Waals surface area contributed by atoms with Gasteiger partial charge in [0, 0.05) is 18.4 Å². The molecule has 2 fully saturated rings. The van der Waals surface area contributed by atoms with E-state index < -0.39 is 0 Å². The molecule has 0 spiro atoms. The Morgan fingerprint density at radius 2 is 2.00 bits per heavy atom. The summed E-state index contributed by atoms with van der Waals surface area (Å²) in [4.78, 5) is 4.57. The third-order valence-corrected chi connectivity index (χ3v) is 4.41. The van der Waals surface area contributed by atoms with Crippen molar-refractivity contribution in [2.24, 2.45) is 11.8 Å². The molecule has 4 nitrogen and oxygen atoms in total. The van der Waals surface area contributed by atoms with Crippen molar-refractivity contribution in [2.45, 2.75) is 51.0 Å². The average molecular weight is 272 g/mol. The van der Waals surface area contributed by atoms with Gasteiger partial charge < -0.3 is 9.84 Å². The predicted octanol–water partition coefficient (Wildman–Crippen LogP) is 2.55. The van der Waals surface area contributed by atoms with E-state index in [9.17, 15) is 0 Å². The Labute approximate surface area is 114 Å². The average Bonchev–Trinajstić information content (AvgIpc) is 2.92. The zero-order valence-corrected chi connectivity index (χ0v) is 11.9. The molecule has 2 aliphatic carbocycles. The molecule has 0 saturated heterocycles. The maximum Gasteiger partial charge on any atom is 0.230 e. The fourth-order valence-corrected chi connectivity index (χ4v) is 3.22. The molecule has 1 aromatic rings. The van der Waals surface area contributed by atoms with Crippen molar-refractivity contribution in [2.75, 3.05) is 7.05 Å². The third kappa shape index (κ3) is 2.54. The molecule has 1 aromatic heterocycles. The van der Waals surface area contributed by atoms with E-state index in [1.165, 1.54) is 25.7 Å². The molecular weight excluding hydrogens is 250 g/mol. The number of hydrogen-bond donors (Lipinski definition) is 1. The van der Waals surface area contributed by atoms with Gasteiger partial charge in [0.05, 0.1) is 0 Å². The number of nitrogens with zero attached hydrogens (tertiary/aromatic N) is 2. The van der Waals surface area contributed by atoms with E-state index in [2.05, 4.69) is 22.4 Å². The van der Waals surface area contributed by atoms with Crippen molar-refractivity contribution in [3.05, 3.63) is 11.7 Å². The first kappa shape index (κ1) is 13.8. The van der Waals surface area contributed by atoms with Crippen LogP contribution in [0, 0.1) is 11.8 Å². The Hall–Kier alpha value is -0.610. The van der Waals surface area contributed by atoms with Crippen LogP contribution in [0.4, 0.5) is 0 Å².